The van der Waals surface area contributed by atoms with Gasteiger partial charge < -0.3 is 10.0 Å². The van der Waals surface area contributed by atoms with Crippen LogP contribution in [-0.4, -0.2) is 35.7 Å². The number of likely N-dealkylation sites (tertiary alicyclic amines) is 1. The molecule has 0 amide bonds. The van der Waals surface area contributed by atoms with Gasteiger partial charge in [0, 0.05) is 12.6 Å². The zero-order valence-electron chi connectivity index (χ0n) is 7.58. The predicted octanol–water partition coefficient (Wildman–Crippen LogP) is 1.24. The SMILES string of the molecule is CCC[C@@H]1CC[C@@H](O)CN1C. The van der Waals surface area contributed by atoms with Gasteiger partial charge in [-0.3, -0.25) is 0 Å². The van der Waals surface area contributed by atoms with Gasteiger partial charge in [0.1, 0.15) is 0 Å². The van der Waals surface area contributed by atoms with Crippen LogP contribution in [0.15, 0.2) is 0 Å². The smallest absolute Gasteiger partial charge is 0.0667 e. The zero-order valence-corrected chi connectivity index (χ0v) is 7.58. The predicted molar refractivity (Wildman–Crippen MR) is 46.6 cm³/mol. The standard InChI is InChI=1S/C9H19NO/c1-3-4-8-5-6-9(11)7-10(8)2/h8-9,11H,3-7H2,1-2H3/t8-,9-/m1/s1. The Balaban J connectivity index is 2.31. The highest BCUT2D eigenvalue weighted by molar-refractivity contribution is 4.78. The van der Waals surface area contributed by atoms with Crippen LogP contribution in [0.2, 0.25) is 0 Å². The molecule has 0 aromatic carbocycles. The molecule has 2 atom stereocenters. The largest absolute Gasteiger partial charge is 0.392 e. The van der Waals surface area contributed by atoms with Crippen molar-refractivity contribution >= 4 is 0 Å². The maximum Gasteiger partial charge on any atom is 0.0667 e. The third-order valence-corrected chi connectivity index (χ3v) is 2.58. The van der Waals surface area contributed by atoms with E-state index < -0.39 is 0 Å². The number of nitrogens with zero attached hydrogens (tertiary/aromatic N) is 1. The van der Waals surface area contributed by atoms with E-state index in [4.69, 9.17) is 0 Å². The van der Waals surface area contributed by atoms with E-state index in [0.29, 0.717) is 0 Å². The summed E-state index contributed by atoms with van der Waals surface area (Å²) in [4.78, 5) is 2.29. The topological polar surface area (TPSA) is 23.5 Å². The molecule has 66 valence electrons. The first-order chi connectivity index (χ1) is 5.24. The highest BCUT2D eigenvalue weighted by atomic mass is 16.3. The number of aliphatic hydroxyl groups excluding tert-OH is 1. The molecule has 0 saturated carbocycles. The second-order valence-electron chi connectivity index (χ2n) is 3.61. The summed E-state index contributed by atoms with van der Waals surface area (Å²) in [6.07, 6.45) is 4.63. The van der Waals surface area contributed by atoms with Gasteiger partial charge in [0.25, 0.3) is 0 Å². The van der Waals surface area contributed by atoms with Gasteiger partial charge in [-0.25, -0.2) is 0 Å². The van der Waals surface area contributed by atoms with Gasteiger partial charge >= 0.3 is 0 Å². The van der Waals surface area contributed by atoms with Gasteiger partial charge in [0.15, 0.2) is 0 Å². The van der Waals surface area contributed by atoms with Crippen LogP contribution in [0.5, 0.6) is 0 Å². The first-order valence-electron chi connectivity index (χ1n) is 4.62. The van der Waals surface area contributed by atoms with E-state index >= 15 is 0 Å². The van der Waals surface area contributed by atoms with Crippen molar-refractivity contribution in [2.24, 2.45) is 0 Å². The van der Waals surface area contributed by atoms with Crippen molar-refractivity contribution in [1.29, 1.82) is 0 Å². The molecule has 1 N–H and O–H groups in total. The van der Waals surface area contributed by atoms with Crippen LogP contribution >= 0.6 is 0 Å². The molecular formula is C9H19NO. The van der Waals surface area contributed by atoms with Crippen LogP contribution in [-0.2, 0) is 0 Å². The first kappa shape index (κ1) is 9.01. The zero-order chi connectivity index (χ0) is 8.27. The molecule has 0 bridgehead atoms. The second kappa shape index (κ2) is 4.07. The van der Waals surface area contributed by atoms with Gasteiger partial charge in [0.2, 0.25) is 0 Å². The molecule has 0 spiro atoms. The van der Waals surface area contributed by atoms with Crippen molar-refractivity contribution in [3.63, 3.8) is 0 Å². The molecule has 0 unspecified atom stereocenters. The number of rotatable bonds is 2. The normalized spacial score (nSPS) is 34.1. The Morgan fingerprint density at radius 3 is 2.73 bits per heavy atom. The summed E-state index contributed by atoms with van der Waals surface area (Å²) in [6, 6.07) is 0.725. The van der Waals surface area contributed by atoms with E-state index in [2.05, 4.69) is 18.9 Å². The fourth-order valence-corrected chi connectivity index (χ4v) is 1.88. The maximum atomic E-state index is 9.32. The Morgan fingerprint density at radius 1 is 1.45 bits per heavy atom. The Bertz CT molecular complexity index is 116. The molecule has 0 aromatic rings. The third-order valence-electron chi connectivity index (χ3n) is 2.58. The minimum Gasteiger partial charge on any atom is -0.392 e. The summed E-state index contributed by atoms with van der Waals surface area (Å²) >= 11 is 0. The maximum absolute atomic E-state index is 9.32. The van der Waals surface area contributed by atoms with Crippen molar-refractivity contribution in [2.45, 2.75) is 44.8 Å². The molecule has 1 saturated heterocycles. The van der Waals surface area contributed by atoms with Gasteiger partial charge in [-0.2, -0.15) is 0 Å². The van der Waals surface area contributed by atoms with Gasteiger partial charge in [-0.15, -0.1) is 0 Å². The van der Waals surface area contributed by atoms with Crippen LogP contribution in [0.1, 0.15) is 32.6 Å². The van der Waals surface area contributed by atoms with Crippen LogP contribution in [0, 0.1) is 0 Å². The number of aliphatic hydroxyl groups is 1. The van der Waals surface area contributed by atoms with Crippen molar-refractivity contribution in [3.05, 3.63) is 0 Å². The summed E-state index contributed by atoms with van der Waals surface area (Å²) < 4.78 is 0. The highest BCUT2D eigenvalue weighted by Gasteiger charge is 2.22. The highest BCUT2D eigenvalue weighted by Crippen LogP contribution is 2.18. The summed E-state index contributed by atoms with van der Waals surface area (Å²) in [7, 11) is 2.11. The Hall–Kier alpha value is -0.0800. The average molecular weight is 157 g/mol. The van der Waals surface area contributed by atoms with Gasteiger partial charge in [-0.05, 0) is 26.3 Å². The molecular weight excluding hydrogens is 138 g/mol. The Kier molecular flexibility index (Phi) is 3.34. The van der Waals surface area contributed by atoms with E-state index in [9.17, 15) is 5.11 Å². The molecule has 0 aliphatic carbocycles. The van der Waals surface area contributed by atoms with Crippen molar-refractivity contribution in [1.82, 2.24) is 4.90 Å². The molecule has 2 nitrogen and oxygen atoms in total. The third kappa shape index (κ3) is 2.46. The molecule has 11 heavy (non-hydrogen) atoms. The molecule has 0 aromatic heterocycles. The molecule has 2 heteroatoms. The summed E-state index contributed by atoms with van der Waals surface area (Å²) in [5, 5.41) is 9.32. The lowest BCUT2D eigenvalue weighted by molar-refractivity contribution is 0.0481. The lowest BCUT2D eigenvalue weighted by Gasteiger charge is -2.35. The van der Waals surface area contributed by atoms with Gasteiger partial charge in [-0.1, -0.05) is 13.3 Å². The fourth-order valence-electron chi connectivity index (χ4n) is 1.88. The quantitative estimate of drug-likeness (QED) is 0.652. The molecule has 1 fully saturated rings. The molecule has 1 rings (SSSR count). The Morgan fingerprint density at radius 2 is 2.18 bits per heavy atom. The summed E-state index contributed by atoms with van der Waals surface area (Å²) in [5.74, 6) is 0. The Labute approximate surface area is 69.2 Å². The number of hydrogen-bond donors (Lipinski definition) is 1. The number of piperidine rings is 1. The van der Waals surface area contributed by atoms with Gasteiger partial charge in [0.05, 0.1) is 6.10 Å². The van der Waals surface area contributed by atoms with Crippen molar-refractivity contribution in [3.8, 4) is 0 Å². The average Bonchev–Trinajstić information content (AvgIpc) is 1.95. The molecule has 1 heterocycles. The van der Waals surface area contributed by atoms with Crippen LogP contribution < -0.4 is 0 Å². The minimum atomic E-state index is -0.0758. The van der Waals surface area contributed by atoms with Crippen LogP contribution in [0.25, 0.3) is 0 Å². The first-order valence-corrected chi connectivity index (χ1v) is 4.62. The summed E-state index contributed by atoms with van der Waals surface area (Å²) in [5.41, 5.74) is 0. The van der Waals surface area contributed by atoms with E-state index in [0.717, 1.165) is 19.0 Å². The van der Waals surface area contributed by atoms with E-state index in [1.807, 2.05) is 0 Å². The number of likely N-dealkylation sites (N-methyl/N-ethyl adjacent to an activating group) is 1. The van der Waals surface area contributed by atoms with E-state index in [1.165, 1.54) is 19.3 Å². The van der Waals surface area contributed by atoms with Crippen LogP contribution in [0.4, 0.5) is 0 Å². The lowest BCUT2D eigenvalue weighted by atomic mass is 9.97. The van der Waals surface area contributed by atoms with Crippen LogP contribution in [0.3, 0.4) is 0 Å². The number of β-amino-alcohol motifs (C(OH)–C–C–N with tert-alkyl or cyclic N) is 1. The van der Waals surface area contributed by atoms with E-state index in [1.54, 1.807) is 0 Å². The molecule has 1 aliphatic heterocycles. The van der Waals surface area contributed by atoms with Crippen molar-refractivity contribution < 1.29 is 5.11 Å². The monoisotopic (exact) mass is 157 g/mol. The molecule has 0 radical (unpaired) electrons. The molecule has 1 aliphatic rings. The number of hydrogen-bond acceptors (Lipinski definition) is 2. The van der Waals surface area contributed by atoms with Crippen molar-refractivity contribution in [2.75, 3.05) is 13.6 Å². The lowest BCUT2D eigenvalue weighted by Crippen LogP contribution is -2.42. The minimum absolute atomic E-state index is 0.0758. The summed E-state index contributed by atoms with van der Waals surface area (Å²) in [6.45, 7) is 3.09. The fraction of sp³-hybridized carbons (Fsp3) is 1.00. The van der Waals surface area contributed by atoms with E-state index in [-0.39, 0.29) is 6.10 Å². The second-order valence-corrected chi connectivity index (χ2v) is 3.61.